The number of halogens is 3. The first-order valence-electron chi connectivity index (χ1n) is 6.69. The summed E-state index contributed by atoms with van der Waals surface area (Å²) < 4.78 is 38.7. The van der Waals surface area contributed by atoms with Crippen LogP contribution >= 0.6 is 0 Å². The highest BCUT2D eigenvalue weighted by atomic mass is 19.4. The second kappa shape index (κ2) is 6.23. The smallest absolute Gasteiger partial charge is 0.324 e. The van der Waals surface area contributed by atoms with Gasteiger partial charge in [0.1, 0.15) is 6.54 Å². The molecule has 23 heavy (non-hydrogen) atoms. The molecule has 0 bridgehead atoms. The standard InChI is InChI=1S/C15H14F3N3O2/c1-9-7-13(15(16,17)18)20-21(9)8-14(23)19-12-5-3-11(4-6-12)10(2)22/h3-7H,8H2,1-2H3,(H,19,23). The zero-order chi connectivity index (χ0) is 17.2. The maximum absolute atomic E-state index is 12.6. The number of aromatic nitrogens is 2. The van der Waals surface area contributed by atoms with Gasteiger partial charge in [-0.25, -0.2) is 0 Å². The van der Waals surface area contributed by atoms with Crippen molar-refractivity contribution in [2.24, 2.45) is 0 Å². The van der Waals surface area contributed by atoms with Crippen LogP contribution in [0, 0.1) is 6.92 Å². The molecule has 5 nitrogen and oxygen atoms in total. The van der Waals surface area contributed by atoms with E-state index in [0.717, 1.165) is 10.7 Å². The van der Waals surface area contributed by atoms with Crippen LogP contribution in [-0.4, -0.2) is 21.5 Å². The minimum absolute atomic E-state index is 0.102. The Labute approximate surface area is 130 Å². The number of carbonyl (C=O) groups excluding carboxylic acids is 2. The van der Waals surface area contributed by atoms with Gasteiger partial charge < -0.3 is 5.32 Å². The molecule has 0 aliphatic heterocycles. The SMILES string of the molecule is CC(=O)c1ccc(NC(=O)Cn2nc(C(F)(F)F)cc2C)cc1. The van der Waals surface area contributed by atoms with E-state index in [0.29, 0.717) is 11.3 Å². The molecule has 0 saturated heterocycles. The highest BCUT2D eigenvalue weighted by Crippen LogP contribution is 2.28. The summed E-state index contributed by atoms with van der Waals surface area (Å²) in [6.45, 7) is 2.53. The highest BCUT2D eigenvalue weighted by Gasteiger charge is 2.34. The first-order chi connectivity index (χ1) is 10.7. The maximum atomic E-state index is 12.6. The normalized spacial score (nSPS) is 11.3. The van der Waals surface area contributed by atoms with Gasteiger partial charge >= 0.3 is 6.18 Å². The first-order valence-corrected chi connectivity index (χ1v) is 6.69. The third-order valence-corrected chi connectivity index (χ3v) is 3.14. The van der Waals surface area contributed by atoms with Gasteiger partial charge in [-0.2, -0.15) is 18.3 Å². The molecule has 1 aromatic carbocycles. The summed E-state index contributed by atoms with van der Waals surface area (Å²) in [5.41, 5.74) is 0.148. The van der Waals surface area contributed by atoms with Gasteiger partial charge in [0.05, 0.1) is 0 Å². The molecule has 0 aliphatic carbocycles. The predicted octanol–water partition coefficient (Wildman–Crippen LogP) is 3.05. The summed E-state index contributed by atoms with van der Waals surface area (Å²) in [6, 6.07) is 7.09. The number of rotatable bonds is 4. The number of Topliss-reactive ketones (excluding diaryl/α,β-unsaturated/α-hetero) is 1. The molecule has 0 atom stereocenters. The van der Waals surface area contributed by atoms with Crippen molar-refractivity contribution in [1.82, 2.24) is 9.78 Å². The molecule has 2 aromatic rings. The van der Waals surface area contributed by atoms with Crippen LogP contribution in [0.3, 0.4) is 0 Å². The number of ketones is 1. The molecule has 0 saturated carbocycles. The Kier molecular flexibility index (Phi) is 4.53. The van der Waals surface area contributed by atoms with E-state index in [9.17, 15) is 22.8 Å². The molecule has 1 heterocycles. The Morgan fingerprint density at radius 2 is 1.83 bits per heavy atom. The van der Waals surface area contributed by atoms with Crippen LogP contribution in [0.5, 0.6) is 0 Å². The van der Waals surface area contributed by atoms with Crippen molar-refractivity contribution < 1.29 is 22.8 Å². The number of nitrogens with zero attached hydrogens (tertiary/aromatic N) is 2. The Bertz CT molecular complexity index is 733. The molecule has 2 rings (SSSR count). The monoisotopic (exact) mass is 325 g/mol. The second-order valence-corrected chi connectivity index (χ2v) is 5.01. The summed E-state index contributed by atoms with van der Waals surface area (Å²) in [5, 5.41) is 5.93. The minimum atomic E-state index is -4.55. The second-order valence-electron chi connectivity index (χ2n) is 5.01. The number of aryl methyl sites for hydroxylation is 1. The molecule has 1 N–H and O–H groups in total. The number of hydrogen-bond acceptors (Lipinski definition) is 3. The molecule has 8 heteroatoms. The fourth-order valence-electron chi connectivity index (χ4n) is 1.93. The molecule has 0 unspecified atom stereocenters. The number of amides is 1. The number of hydrogen-bond donors (Lipinski definition) is 1. The summed E-state index contributed by atoms with van der Waals surface area (Å²) in [5.74, 6) is -0.616. The van der Waals surface area contributed by atoms with Crippen molar-refractivity contribution in [1.29, 1.82) is 0 Å². The van der Waals surface area contributed by atoms with E-state index in [2.05, 4.69) is 10.4 Å². The number of benzene rings is 1. The van der Waals surface area contributed by atoms with Gasteiger partial charge in [-0.05, 0) is 44.2 Å². The number of anilines is 1. The van der Waals surface area contributed by atoms with E-state index >= 15 is 0 Å². The number of alkyl halides is 3. The Morgan fingerprint density at radius 1 is 1.22 bits per heavy atom. The van der Waals surface area contributed by atoms with Gasteiger partial charge in [0.25, 0.3) is 0 Å². The molecular formula is C15H14F3N3O2. The lowest BCUT2D eigenvalue weighted by Gasteiger charge is -2.07. The molecule has 1 aromatic heterocycles. The predicted molar refractivity (Wildman–Crippen MR) is 77.0 cm³/mol. The summed E-state index contributed by atoms with van der Waals surface area (Å²) in [7, 11) is 0. The number of carbonyl (C=O) groups is 2. The lowest BCUT2D eigenvalue weighted by Crippen LogP contribution is -2.20. The first kappa shape index (κ1) is 16.7. The Balaban J connectivity index is 2.05. The third kappa shape index (κ3) is 4.18. The Morgan fingerprint density at radius 3 is 2.30 bits per heavy atom. The fraction of sp³-hybridized carbons (Fsp3) is 0.267. The van der Waals surface area contributed by atoms with Crippen LogP contribution in [0.2, 0.25) is 0 Å². The lowest BCUT2D eigenvalue weighted by atomic mass is 10.1. The van der Waals surface area contributed by atoms with Gasteiger partial charge in [-0.1, -0.05) is 0 Å². The van der Waals surface area contributed by atoms with Crippen LogP contribution in [-0.2, 0) is 17.5 Å². The van der Waals surface area contributed by atoms with Gasteiger partial charge in [0.15, 0.2) is 11.5 Å². The van der Waals surface area contributed by atoms with Crippen LogP contribution in [0.15, 0.2) is 30.3 Å². The van der Waals surface area contributed by atoms with E-state index in [1.165, 1.54) is 13.8 Å². The van der Waals surface area contributed by atoms with Gasteiger partial charge in [0.2, 0.25) is 5.91 Å². The van der Waals surface area contributed by atoms with E-state index in [1.54, 1.807) is 24.3 Å². The molecule has 1 amide bonds. The lowest BCUT2D eigenvalue weighted by molar-refractivity contribution is -0.141. The van der Waals surface area contributed by atoms with Crippen LogP contribution < -0.4 is 5.32 Å². The van der Waals surface area contributed by atoms with Crippen molar-refractivity contribution in [3.05, 3.63) is 47.3 Å². The van der Waals surface area contributed by atoms with Crippen molar-refractivity contribution in [3.8, 4) is 0 Å². The topological polar surface area (TPSA) is 64.0 Å². The molecule has 0 radical (unpaired) electrons. The molecule has 0 aliphatic rings. The zero-order valence-electron chi connectivity index (χ0n) is 12.4. The van der Waals surface area contributed by atoms with E-state index in [4.69, 9.17) is 0 Å². The summed E-state index contributed by atoms with van der Waals surface area (Å²) >= 11 is 0. The van der Waals surface area contributed by atoms with Gasteiger partial charge in [-0.3, -0.25) is 14.3 Å². The van der Waals surface area contributed by atoms with Crippen molar-refractivity contribution >= 4 is 17.4 Å². The highest BCUT2D eigenvalue weighted by molar-refractivity contribution is 5.95. The molecular weight excluding hydrogens is 311 g/mol. The maximum Gasteiger partial charge on any atom is 0.435 e. The summed E-state index contributed by atoms with van der Waals surface area (Å²) in [6.07, 6.45) is -4.55. The van der Waals surface area contributed by atoms with Crippen LogP contribution in [0.1, 0.15) is 28.7 Å². The van der Waals surface area contributed by atoms with Gasteiger partial charge in [-0.15, -0.1) is 0 Å². The third-order valence-electron chi connectivity index (χ3n) is 3.14. The van der Waals surface area contributed by atoms with E-state index in [-0.39, 0.29) is 18.0 Å². The minimum Gasteiger partial charge on any atom is -0.324 e. The average molecular weight is 325 g/mol. The van der Waals surface area contributed by atoms with Crippen LogP contribution in [0.25, 0.3) is 0 Å². The van der Waals surface area contributed by atoms with Crippen molar-refractivity contribution in [3.63, 3.8) is 0 Å². The Hall–Kier alpha value is -2.64. The largest absolute Gasteiger partial charge is 0.435 e. The number of nitrogens with one attached hydrogen (secondary N) is 1. The fourth-order valence-corrected chi connectivity index (χ4v) is 1.93. The molecule has 0 spiro atoms. The zero-order valence-corrected chi connectivity index (χ0v) is 12.4. The molecule has 122 valence electrons. The average Bonchev–Trinajstić information content (AvgIpc) is 2.80. The van der Waals surface area contributed by atoms with Crippen molar-refractivity contribution in [2.75, 3.05) is 5.32 Å². The van der Waals surface area contributed by atoms with E-state index < -0.39 is 17.8 Å². The van der Waals surface area contributed by atoms with E-state index in [1.807, 2.05) is 0 Å². The van der Waals surface area contributed by atoms with Gasteiger partial charge in [0, 0.05) is 16.9 Å². The molecule has 0 fully saturated rings. The summed E-state index contributed by atoms with van der Waals surface area (Å²) in [4.78, 5) is 23.0. The van der Waals surface area contributed by atoms with Crippen molar-refractivity contribution in [2.45, 2.75) is 26.6 Å². The van der Waals surface area contributed by atoms with Crippen LogP contribution in [0.4, 0.5) is 18.9 Å². The quantitative estimate of drug-likeness (QED) is 0.879.